The highest BCUT2D eigenvalue weighted by Gasteiger charge is 2.15. The second kappa shape index (κ2) is 9.35. The molecule has 0 amide bonds. The molecule has 0 unspecified atom stereocenters. The van der Waals surface area contributed by atoms with Gasteiger partial charge in [0.15, 0.2) is 8.64 Å². The number of hydrogen-bond donors (Lipinski definition) is 0. The summed E-state index contributed by atoms with van der Waals surface area (Å²) in [5, 5.41) is 4.78. The van der Waals surface area contributed by atoms with E-state index in [2.05, 4.69) is 94.7 Å². The first-order valence-electron chi connectivity index (χ1n) is 9.41. The van der Waals surface area contributed by atoms with Gasteiger partial charge >= 0.3 is 0 Å². The van der Waals surface area contributed by atoms with E-state index in [0.717, 1.165) is 20.0 Å². The van der Waals surface area contributed by atoms with Crippen LogP contribution in [0.1, 0.15) is 0 Å². The number of fused-ring (bicyclic) bond motifs is 2. The van der Waals surface area contributed by atoms with Crippen molar-refractivity contribution < 1.29 is 0 Å². The van der Waals surface area contributed by atoms with Crippen LogP contribution in [0.5, 0.6) is 0 Å². The van der Waals surface area contributed by atoms with E-state index < -0.39 is 0 Å². The van der Waals surface area contributed by atoms with E-state index in [1.807, 2.05) is 14.1 Å². The van der Waals surface area contributed by atoms with Crippen LogP contribution in [-0.2, 0) is 0 Å². The lowest BCUT2D eigenvalue weighted by atomic mass is 10.1. The van der Waals surface area contributed by atoms with Crippen LogP contribution in [0.2, 0.25) is 0 Å². The first-order chi connectivity index (χ1) is 14.6. The second-order valence-corrected chi connectivity index (χ2v) is 10.2. The molecular weight excluding hydrogens is 445 g/mol. The molecule has 4 aromatic rings. The van der Waals surface area contributed by atoms with Gasteiger partial charge in [-0.1, -0.05) is 97.2 Å². The van der Waals surface area contributed by atoms with Gasteiger partial charge in [-0.2, -0.15) is 0 Å². The lowest BCUT2D eigenvalue weighted by molar-refractivity contribution is 1.33. The number of benzene rings is 4. The van der Waals surface area contributed by atoms with Crippen molar-refractivity contribution in [1.29, 1.82) is 0 Å². The zero-order chi connectivity index (χ0) is 21.1. The maximum absolute atomic E-state index is 5.71. The summed E-state index contributed by atoms with van der Waals surface area (Å²) in [4.78, 5) is 4.10. The summed E-state index contributed by atoms with van der Waals surface area (Å²) >= 11 is 11.4. The van der Waals surface area contributed by atoms with Gasteiger partial charge in [0.05, 0.1) is 0 Å². The molecule has 150 valence electrons. The van der Waals surface area contributed by atoms with Crippen molar-refractivity contribution in [3.05, 3.63) is 84.9 Å². The Kier molecular flexibility index (Phi) is 6.58. The zero-order valence-electron chi connectivity index (χ0n) is 16.6. The molecule has 0 aliphatic rings. The summed E-state index contributed by atoms with van der Waals surface area (Å²) in [5.74, 6) is 0. The molecule has 0 saturated carbocycles. The molecule has 0 N–H and O–H groups in total. The molecule has 0 bridgehead atoms. The molecule has 0 heterocycles. The molecule has 2 nitrogen and oxygen atoms in total. The van der Waals surface area contributed by atoms with Crippen LogP contribution in [-0.4, -0.2) is 22.7 Å². The highest BCUT2D eigenvalue weighted by atomic mass is 33.1. The normalized spacial score (nSPS) is 10.9. The monoisotopic (exact) mass is 464 g/mol. The third-order valence-corrected chi connectivity index (χ3v) is 8.78. The second-order valence-electron chi connectivity index (χ2n) is 6.81. The quantitative estimate of drug-likeness (QED) is 0.222. The third kappa shape index (κ3) is 4.32. The minimum absolute atomic E-state index is 0.769. The maximum Gasteiger partial charge on any atom is 0.151 e. The van der Waals surface area contributed by atoms with Crippen LogP contribution in [0.15, 0.2) is 84.9 Å². The van der Waals surface area contributed by atoms with E-state index in [1.165, 1.54) is 43.1 Å². The molecule has 0 atom stereocenters. The predicted octanol–water partition coefficient (Wildman–Crippen LogP) is 7.52. The summed E-state index contributed by atoms with van der Waals surface area (Å²) in [7, 11) is 7.05. The van der Waals surface area contributed by atoms with Gasteiger partial charge < -0.3 is 9.80 Å². The Hall–Kier alpha value is -2.12. The van der Waals surface area contributed by atoms with Gasteiger partial charge in [0.2, 0.25) is 0 Å². The van der Waals surface area contributed by atoms with E-state index in [9.17, 15) is 0 Å². The summed E-state index contributed by atoms with van der Waals surface area (Å²) in [6.07, 6.45) is 0. The fraction of sp³-hybridized carbons (Fsp3) is 0.0833. The number of rotatable bonds is 2. The van der Waals surface area contributed by atoms with Gasteiger partial charge in [-0.15, -0.1) is 0 Å². The van der Waals surface area contributed by atoms with Crippen LogP contribution < -0.4 is 9.80 Å². The van der Waals surface area contributed by atoms with E-state index in [-0.39, 0.29) is 0 Å². The van der Waals surface area contributed by atoms with E-state index >= 15 is 0 Å². The first-order valence-corrected chi connectivity index (χ1v) is 12.4. The predicted molar refractivity (Wildman–Crippen MR) is 145 cm³/mol. The van der Waals surface area contributed by atoms with Crippen molar-refractivity contribution in [3.8, 4) is 0 Å². The molecule has 30 heavy (non-hydrogen) atoms. The summed E-state index contributed by atoms with van der Waals surface area (Å²) in [6, 6.07) is 29.3. The van der Waals surface area contributed by atoms with Gasteiger partial charge in [-0.25, -0.2) is 0 Å². The number of thiocarbonyl (C=S) groups is 2. The Morgan fingerprint density at radius 1 is 0.567 bits per heavy atom. The van der Waals surface area contributed by atoms with E-state index in [0.29, 0.717) is 0 Å². The fourth-order valence-electron chi connectivity index (χ4n) is 3.38. The lowest BCUT2D eigenvalue weighted by Gasteiger charge is -2.23. The fourth-order valence-corrected chi connectivity index (χ4v) is 5.85. The summed E-state index contributed by atoms with van der Waals surface area (Å²) < 4.78 is 1.54. The van der Waals surface area contributed by atoms with Crippen LogP contribution in [0.25, 0.3) is 21.5 Å². The number of hydrogen-bond acceptors (Lipinski definition) is 4. The summed E-state index contributed by atoms with van der Waals surface area (Å²) in [6.45, 7) is 0. The molecular formula is C24H20N2S4. The molecule has 4 rings (SSSR count). The molecule has 0 aliphatic carbocycles. The molecule has 4 aromatic carbocycles. The number of anilines is 2. The van der Waals surface area contributed by atoms with Crippen molar-refractivity contribution in [3.63, 3.8) is 0 Å². The van der Waals surface area contributed by atoms with Gasteiger partial charge in [0.1, 0.15) is 0 Å². The molecule has 0 aromatic heterocycles. The minimum atomic E-state index is 0.769. The van der Waals surface area contributed by atoms with Crippen LogP contribution >= 0.6 is 46.0 Å². The average Bonchev–Trinajstić information content (AvgIpc) is 2.80. The maximum atomic E-state index is 5.71. The third-order valence-electron chi connectivity index (χ3n) is 4.99. The molecule has 0 radical (unpaired) electrons. The Morgan fingerprint density at radius 3 is 1.37 bits per heavy atom. The Bertz CT molecular complexity index is 1130. The van der Waals surface area contributed by atoms with Gasteiger partial charge in [-0.05, 0) is 44.5 Å². The van der Waals surface area contributed by atoms with Crippen LogP contribution in [0.4, 0.5) is 11.4 Å². The van der Waals surface area contributed by atoms with Crippen LogP contribution in [0.3, 0.4) is 0 Å². The first kappa shape index (κ1) is 21.1. The van der Waals surface area contributed by atoms with Gasteiger partial charge in [-0.3, -0.25) is 0 Å². The summed E-state index contributed by atoms with van der Waals surface area (Å²) in [5.41, 5.74) is 2.19. The molecule has 6 heteroatoms. The highest BCUT2D eigenvalue weighted by molar-refractivity contribution is 8.89. The Balaban J connectivity index is 1.47. The van der Waals surface area contributed by atoms with Gasteiger partial charge in [0.25, 0.3) is 0 Å². The van der Waals surface area contributed by atoms with E-state index in [1.54, 1.807) is 0 Å². The molecule has 0 fully saturated rings. The van der Waals surface area contributed by atoms with Crippen molar-refractivity contribution in [2.24, 2.45) is 0 Å². The van der Waals surface area contributed by atoms with Crippen molar-refractivity contribution >= 4 is 87.6 Å². The highest BCUT2D eigenvalue weighted by Crippen LogP contribution is 2.35. The van der Waals surface area contributed by atoms with E-state index in [4.69, 9.17) is 24.4 Å². The lowest BCUT2D eigenvalue weighted by Crippen LogP contribution is -2.23. The Morgan fingerprint density at radius 2 is 0.933 bits per heavy atom. The van der Waals surface area contributed by atoms with Crippen molar-refractivity contribution in [2.75, 3.05) is 23.9 Å². The topological polar surface area (TPSA) is 6.48 Å². The van der Waals surface area contributed by atoms with Crippen molar-refractivity contribution in [2.45, 2.75) is 0 Å². The molecule has 0 aliphatic heterocycles. The SMILES string of the molecule is CN(C(=S)SSC(=S)N(C)c1cccc2ccccc12)c1cccc2ccccc12. The standard InChI is InChI=1S/C24H20N2S4/c1-25(21-15-7-11-17-9-3-5-13-19(17)21)23(27)29-30-24(28)26(2)22-16-8-12-18-10-4-6-14-20(18)22/h3-16H,1-2H3. The zero-order valence-corrected chi connectivity index (χ0v) is 19.9. The Labute approximate surface area is 195 Å². The average molecular weight is 465 g/mol. The van der Waals surface area contributed by atoms with Crippen LogP contribution in [0, 0.1) is 0 Å². The smallest absolute Gasteiger partial charge is 0.151 e. The molecule has 0 spiro atoms. The molecule has 0 saturated heterocycles. The number of nitrogens with zero attached hydrogens (tertiary/aromatic N) is 2. The minimum Gasteiger partial charge on any atom is -0.329 e. The van der Waals surface area contributed by atoms with Crippen molar-refractivity contribution in [1.82, 2.24) is 0 Å². The van der Waals surface area contributed by atoms with Gasteiger partial charge in [0, 0.05) is 36.2 Å². The largest absolute Gasteiger partial charge is 0.329 e.